The van der Waals surface area contributed by atoms with Crippen LogP contribution in [0.3, 0.4) is 0 Å². The van der Waals surface area contributed by atoms with E-state index in [0.29, 0.717) is 11.3 Å². The van der Waals surface area contributed by atoms with Crippen LogP contribution in [0.25, 0.3) is 0 Å². The Morgan fingerprint density at radius 1 is 1.09 bits per heavy atom. The number of rotatable bonds is 5. The zero-order valence-corrected chi connectivity index (χ0v) is 13.9. The molecule has 0 aliphatic rings. The van der Waals surface area contributed by atoms with E-state index in [2.05, 4.69) is 16.0 Å². The average Bonchev–Trinajstić information content (AvgIpc) is 2.42. The first-order chi connectivity index (χ1) is 10.7. The number of amides is 3. The molecule has 1 aromatic carbocycles. The predicted octanol–water partition coefficient (Wildman–Crippen LogP) is 2.54. The van der Waals surface area contributed by atoms with Gasteiger partial charge in [-0.3, -0.25) is 4.79 Å². The minimum atomic E-state index is -0.559. The summed E-state index contributed by atoms with van der Waals surface area (Å²) in [6, 6.07) is 6.23. The highest BCUT2D eigenvalue weighted by Crippen LogP contribution is 2.10. The van der Waals surface area contributed by atoms with Crippen LogP contribution in [0.1, 0.15) is 38.1 Å². The normalized spacial score (nSPS) is 10.6. The van der Waals surface area contributed by atoms with Crippen LogP contribution < -0.4 is 16.0 Å². The second-order valence-corrected chi connectivity index (χ2v) is 5.95. The van der Waals surface area contributed by atoms with E-state index in [1.807, 2.05) is 0 Å². The summed E-state index contributed by atoms with van der Waals surface area (Å²) >= 11 is 0. The van der Waals surface area contributed by atoms with E-state index in [1.165, 1.54) is 6.92 Å². The first-order valence-corrected chi connectivity index (χ1v) is 7.30. The Morgan fingerprint density at radius 3 is 2.35 bits per heavy atom. The van der Waals surface area contributed by atoms with E-state index < -0.39 is 17.7 Å². The van der Waals surface area contributed by atoms with Crippen LogP contribution in [-0.2, 0) is 4.74 Å². The minimum Gasteiger partial charge on any atom is -0.444 e. The molecule has 23 heavy (non-hydrogen) atoms. The third-order valence-corrected chi connectivity index (χ3v) is 2.61. The molecule has 126 valence electrons. The molecule has 1 aromatic rings. The molecular formula is C16H23N3O4. The van der Waals surface area contributed by atoms with Gasteiger partial charge in [0.25, 0.3) is 0 Å². The number of nitrogens with one attached hydrogen (secondary N) is 3. The fraction of sp³-hybridized carbons (Fsp3) is 0.438. The van der Waals surface area contributed by atoms with Crippen LogP contribution in [0.15, 0.2) is 24.3 Å². The van der Waals surface area contributed by atoms with Gasteiger partial charge in [-0.15, -0.1) is 0 Å². The van der Waals surface area contributed by atoms with E-state index in [4.69, 9.17) is 4.74 Å². The summed E-state index contributed by atoms with van der Waals surface area (Å²) in [6.07, 6.45) is -0.533. The summed E-state index contributed by atoms with van der Waals surface area (Å²) in [4.78, 5) is 34.4. The number of anilines is 1. The van der Waals surface area contributed by atoms with Gasteiger partial charge in [0.1, 0.15) is 5.60 Å². The van der Waals surface area contributed by atoms with Gasteiger partial charge in [0.05, 0.1) is 0 Å². The monoisotopic (exact) mass is 321 g/mol. The van der Waals surface area contributed by atoms with Gasteiger partial charge in [0.2, 0.25) is 0 Å². The molecule has 3 amide bonds. The van der Waals surface area contributed by atoms with Gasteiger partial charge in [0.15, 0.2) is 5.78 Å². The minimum absolute atomic E-state index is 0.0735. The van der Waals surface area contributed by atoms with E-state index in [0.717, 1.165) is 0 Å². The Morgan fingerprint density at radius 2 is 1.74 bits per heavy atom. The van der Waals surface area contributed by atoms with Gasteiger partial charge >= 0.3 is 12.1 Å². The lowest BCUT2D eigenvalue weighted by atomic mass is 10.1. The number of carbonyl (C=O) groups is 3. The van der Waals surface area contributed by atoms with E-state index >= 15 is 0 Å². The summed E-state index contributed by atoms with van der Waals surface area (Å²) in [7, 11) is 0. The van der Waals surface area contributed by atoms with Crippen LogP contribution in [0, 0.1) is 0 Å². The number of ether oxygens (including phenoxy) is 1. The standard InChI is InChI=1S/C16H23N3O4/c1-11(20)12-6-5-7-13(10-12)19-14(21)17-8-9-18-15(22)23-16(2,3)4/h5-7,10H,8-9H2,1-4H3,(H,18,22)(H2,17,19,21). The van der Waals surface area contributed by atoms with E-state index in [9.17, 15) is 14.4 Å². The fourth-order valence-corrected chi connectivity index (χ4v) is 1.65. The van der Waals surface area contributed by atoms with E-state index in [-0.39, 0.29) is 18.9 Å². The number of benzene rings is 1. The zero-order valence-electron chi connectivity index (χ0n) is 13.9. The molecule has 0 radical (unpaired) electrons. The van der Waals surface area contributed by atoms with Crippen LogP contribution in [0.5, 0.6) is 0 Å². The molecule has 0 fully saturated rings. The van der Waals surface area contributed by atoms with Crippen LogP contribution in [0.2, 0.25) is 0 Å². The van der Waals surface area contributed by atoms with E-state index in [1.54, 1.807) is 45.0 Å². The van der Waals surface area contributed by atoms with Gasteiger partial charge in [-0.2, -0.15) is 0 Å². The van der Waals surface area contributed by atoms with Gasteiger partial charge in [-0.1, -0.05) is 12.1 Å². The Kier molecular flexibility index (Phi) is 6.56. The summed E-state index contributed by atoms with van der Waals surface area (Å²) in [5, 5.41) is 7.74. The summed E-state index contributed by atoms with van der Waals surface area (Å²) in [5.41, 5.74) is 0.487. The fourth-order valence-electron chi connectivity index (χ4n) is 1.65. The molecular weight excluding hydrogens is 298 g/mol. The lowest BCUT2D eigenvalue weighted by Crippen LogP contribution is -2.39. The SMILES string of the molecule is CC(=O)c1cccc(NC(=O)NCCNC(=O)OC(C)(C)C)c1. The Labute approximate surface area is 135 Å². The Hall–Kier alpha value is -2.57. The third kappa shape index (κ3) is 7.85. The van der Waals surface area contributed by atoms with Crippen molar-refractivity contribution in [2.75, 3.05) is 18.4 Å². The van der Waals surface area contributed by atoms with Crippen LogP contribution in [-0.4, -0.2) is 36.6 Å². The van der Waals surface area contributed by atoms with Crippen molar-refractivity contribution in [1.29, 1.82) is 0 Å². The van der Waals surface area contributed by atoms with Crippen molar-refractivity contribution < 1.29 is 19.1 Å². The molecule has 0 atom stereocenters. The van der Waals surface area contributed by atoms with Crippen molar-refractivity contribution in [2.24, 2.45) is 0 Å². The molecule has 7 nitrogen and oxygen atoms in total. The van der Waals surface area contributed by atoms with Gasteiger partial charge in [-0.25, -0.2) is 9.59 Å². The maximum absolute atomic E-state index is 11.7. The molecule has 0 aromatic heterocycles. The largest absolute Gasteiger partial charge is 0.444 e. The van der Waals surface area contributed by atoms with Crippen molar-refractivity contribution in [3.63, 3.8) is 0 Å². The quantitative estimate of drug-likeness (QED) is 0.573. The van der Waals surface area contributed by atoms with Crippen LogP contribution >= 0.6 is 0 Å². The lowest BCUT2D eigenvalue weighted by Gasteiger charge is -2.19. The molecule has 0 saturated carbocycles. The highest BCUT2D eigenvalue weighted by Gasteiger charge is 2.15. The number of hydrogen-bond acceptors (Lipinski definition) is 4. The number of alkyl carbamates (subject to hydrolysis) is 1. The van der Waals surface area contributed by atoms with Crippen molar-refractivity contribution in [3.05, 3.63) is 29.8 Å². The summed E-state index contributed by atoms with van der Waals surface area (Å²) in [6.45, 7) is 7.27. The average molecular weight is 321 g/mol. The van der Waals surface area contributed by atoms with Crippen molar-refractivity contribution in [2.45, 2.75) is 33.3 Å². The maximum atomic E-state index is 11.7. The summed E-state index contributed by atoms with van der Waals surface area (Å²) in [5.74, 6) is -0.0735. The molecule has 0 unspecified atom stereocenters. The van der Waals surface area contributed by atoms with Gasteiger partial charge < -0.3 is 20.7 Å². The number of ketones is 1. The maximum Gasteiger partial charge on any atom is 0.407 e. The molecule has 7 heteroatoms. The smallest absolute Gasteiger partial charge is 0.407 e. The van der Waals surface area contributed by atoms with Crippen molar-refractivity contribution in [3.8, 4) is 0 Å². The van der Waals surface area contributed by atoms with Crippen molar-refractivity contribution in [1.82, 2.24) is 10.6 Å². The Balaban J connectivity index is 2.31. The topological polar surface area (TPSA) is 96.5 Å². The lowest BCUT2D eigenvalue weighted by molar-refractivity contribution is 0.0528. The zero-order chi connectivity index (χ0) is 17.5. The molecule has 0 heterocycles. The highest BCUT2D eigenvalue weighted by molar-refractivity contribution is 5.96. The Bertz CT molecular complexity index is 579. The molecule has 0 saturated heterocycles. The highest BCUT2D eigenvalue weighted by atomic mass is 16.6. The van der Waals surface area contributed by atoms with Gasteiger partial charge in [0, 0.05) is 24.3 Å². The third-order valence-electron chi connectivity index (χ3n) is 2.61. The second-order valence-electron chi connectivity index (χ2n) is 5.95. The first-order valence-electron chi connectivity index (χ1n) is 7.30. The molecule has 0 aliphatic heterocycles. The molecule has 3 N–H and O–H groups in total. The molecule has 0 aliphatic carbocycles. The molecule has 1 rings (SSSR count). The molecule has 0 bridgehead atoms. The van der Waals surface area contributed by atoms with Crippen molar-refractivity contribution >= 4 is 23.6 Å². The number of Topliss-reactive ketones (excluding diaryl/α,β-unsaturated/α-hetero) is 1. The second kappa shape index (κ2) is 8.17. The van der Waals surface area contributed by atoms with Crippen LogP contribution in [0.4, 0.5) is 15.3 Å². The number of urea groups is 1. The predicted molar refractivity (Wildman–Crippen MR) is 87.7 cm³/mol. The number of hydrogen-bond donors (Lipinski definition) is 3. The number of carbonyl (C=O) groups excluding carboxylic acids is 3. The first kappa shape index (κ1) is 18.5. The summed E-state index contributed by atoms with van der Waals surface area (Å²) < 4.78 is 5.07. The molecule has 0 spiro atoms. The van der Waals surface area contributed by atoms with Gasteiger partial charge in [-0.05, 0) is 39.8 Å².